The van der Waals surface area contributed by atoms with Crippen molar-refractivity contribution < 1.29 is 14.4 Å². The summed E-state index contributed by atoms with van der Waals surface area (Å²) in [4.78, 5) is 40.3. The van der Waals surface area contributed by atoms with Crippen LogP contribution in [-0.2, 0) is 20.8 Å². The van der Waals surface area contributed by atoms with Gasteiger partial charge in [0.05, 0.1) is 6.54 Å². The van der Waals surface area contributed by atoms with E-state index in [0.717, 1.165) is 24.9 Å². The van der Waals surface area contributed by atoms with Gasteiger partial charge in [-0.3, -0.25) is 14.4 Å². The molecule has 0 spiro atoms. The van der Waals surface area contributed by atoms with Crippen molar-refractivity contribution in [1.82, 2.24) is 9.80 Å². The lowest BCUT2D eigenvalue weighted by Gasteiger charge is -2.38. The maximum absolute atomic E-state index is 12.8. The second-order valence-electron chi connectivity index (χ2n) is 8.32. The molecule has 1 fully saturated rings. The van der Waals surface area contributed by atoms with Gasteiger partial charge in [-0.05, 0) is 56.4 Å². The number of nitrogens with two attached hydrogens (primary N) is 1. The Morgan fingerprint density at radius 2 is 1.83 bits per heavy atom. The zero-order chi connectivity index (χ0) is 21.3. The highest BCUT2D eigenvalue weighted by Gasteiger charge is 2.30. The van der Waals surface area contributed by atoms with Crippen molar-refractivity contribution in [2.75, 3.05) is 19.6 Å². The maximum Gasteiger partial charge on any atom is 0.237 e. The number of primary amides is 1. The van der Waals surface area contributed by atoms with E-state index in [-0.39, 0.29) is 24.8 Å². The monoisotopic (exact) mass is 411 g/mol. The fourth-order valence-electron chi connectivity index (χ4n) is 4.52. The van der Waals surface area contributed by atoms with Crippen LogP contribution in [0, 0.1) is 5.92 Å². The van der Waals surface area contributed by atoms with E-state index in [9.17, 15) is 14.4 Å². The summed E-state index contributed by atoms with van der Waals surface area (Å²) in [5, 5.41) is 0. The van der Waals surface area contributed by atoms with Crippen molar-refractivity contribution in [3.63, 3.8) is 0 Å². The van der Waals surface area contributed by atoms with Crippen molar-refractivity contribution in [1.29, 1.82) is 0 Å². The summed E-state index contributed by atoms with van der Waals surface area (Å²) in [6, 6.07) is 9.85. The van der Waals surface area contributed by atoms with Gasteiger partial charge in [0.25, 0.3) is 0 Å². The number of allylic oxidation sites excluding steroid dienone is 2. The average Bonchev–Trinajstić information content (AvgIpc) is 2.76. The number of hydrogen-bond donors (Lipinski definition) is 1. The largest absolute Gasteiger partial charge is 0.368 e. The van der Waals surface area contributed by atoms with Crippen LogP contribution in [0.3, 0.4) is 0 Å². The molecule has 2 aliphatic rings. The van der Waals surface area contributed by atoms with E-state index in [4.69, 9.17) is 5.73 Å². The molecular formula is C24H33N3O3. The van der Waals surface area contributed by atoms with Crippen LogP contribution in [0.2, 0.25) is 0 Å². The quantitative estimate of drug-likeness (QED) is 0.678. The molecule has 30 heavy (non-hydrogen) atoms. The summed E-state index contributed by atoms with van der Waals surface area (Å²) in [5.41, 5.74) is 7.65. The minimum Gasteiger partial charge on any atom is -0.368 e. The molecule has 6 nitrogen and oxygen atoms in total. The highest BCUT2D eigenvalue weighted by Crippen LogP contribution is 2.35. The van der Waals surface area contributed by atoms with Crippen LogP contribution in [0.15, 0.2) is 42.1 Å². The molecule has 1 aliphatic carbocycles. The number of piperidine rings is 1. The molecule has 0 saturated carbocycles. The number of amides is 3. The van der Waals surface area contributed by atoms with Gasteiger partial charge in [-0.1, -0.05) is 36.4 Å². The molecule has 162 valence electrons. The van der Waals surface area contributed by atoms with Gasteiger partial charge >= 0.3 is 0 Å². The fraction of sp³-hybridized carbons (Fsp3) is 0.542. The molecule has 1 heterocycles. The Labute approximate surface area is 179 Å². The molecule has 1 unspecified atom stereocenters. The number of hydrogen-bond acceptors (Lipinski definition) is 3. The van der Waals surface area contributed by atoms with Crippen molar-refractivity contribution >= 4 is 17.7 Å². The predicted octanol–water partition coefficient (Wildman–Crippen LogP) is 3.02. The van der Waals surface area contributed by atoms with E-state index in [2.05, 4.69) is 6.08 Å². The number of benzene rings is 1. The number of carbonyl (C=O) groups excluding carboxylic acids is 3. The topological polar surface area (TPSA) is 83.7 Å². The predicted molar refractivity (Wildman–Crippen MR) is 116 cm³/mol. The molecule has 0 radical (unpaired) electrons. The zero-order valence-corrected chi connectivity index (χ0v) is 17.7. The van der Waals surface area contributed by atoms with E-state index in [1.165, 1.54) is 29.9 Å². The molecule has 0 bridgehead atoms. The highest BCUT2D eigenvalue weighted by molar-refractivity contribution is 5.84. The van der Waals surface area contributed by atoms with Gasteiger partial charge in [0, 0.05) is 31.6 Å². The number of rotatable bonds is 9. The summed E-state index contributed by atoms with van der Waals surface area (Å²) in [6.45, 7) is 1.15. The van der Waals surface area contributed by atoms with Gasteiger partial charge in [-0.2, -0.15) is 0 Å². The average molecular weight is 412 g/mol. The molecule has 0 aromatic heterocycles. The van der Waals surface area contributed by atoms with Gasteiger partial charge in [0.2, 0.25) is 17.7 Å². The minimum absolute atomic E-state index is 0.0830. The summed E-state index contributed by atoms with van der Waals surface area (Å²) in [6.07, 6.45) is 9.68. The Bertz CT molecular complexity index is 775. The van der Waals surface area contributed by atoms with Crippen LogP contribution < -0.4 is 5.73 Å². The fourth-order valence-corrected chi connectivity index (χ4v) is 4.52. The smallest absolute Gasteiger partial charge is 0.237 e. The molecule has 6 heteroatoms. The van der Waals surface area contributed by atoms with E-state index >= 15 is 0 Å². The molecular weight excluding hydrogens is 378 g/mol. The van der Waals surface area contributed by atoms with E-state index in [0.29, 0.717) is 31.7 Å². The van der Waals surface area contributed by atoms with Gasteiger partial charge in [-0.15, -0.1) is 0 Å². The Morgan fingerprint density at radius 3 is 2.60 bits per heavy atom. The van der Waals surface area contributed by atoms with Gasteiger partial charge in [0.15, 0.2) is 0 Å². The Morgan fingerprint density at radius 1 is 1.07 bits per heavy atom. The van der Waals surface area contributed by atoms with Crippen molar-refractivity contribution in [2.45, 2.75) is 57.8 Å². The lowest BCUT2D eigenvalue weighted by atomic mass is 9.85. The lowest BCUT2D eigenvalue weighted by molar-refractivity contribution is -0.135. The third-order valence-electron chi connectivity index (χ3n) is 6.07. The van der Waals surface area contributed by atoms with Crippen molar-refractivity contribution in [2.24, 2.45) is 11.7 Å². The molecule has 1 aromatic rings. The first kappa shape index (κ1) is 22.1. The molecule has 3 rings (SSSR count). The Hall–Kier alpha value is -2.63. The minimum atomic E-state index is -0.518. The van der Waals surface area contributed by atoms with Crippen LogP contribution in [0.1, 0.15) is 56.9 Å². The van der Waals surface area contributed by atoms with Gasteiger partial charge < -0.3 is 15.5 Å². The van der Waals surface area contributed by atoms with Crippen LogP contribution in [-0.4, -0.2) is 47.2 Å². The second-order valence-corrected chi connectivity index (χ2v) is 8.32. The number of likely N-dealkylation sites (tertiary alicyclic amines) is 1. The highest BCUT2D eigenvalue weighted by atomic mass is 16.2. The Balaban J connectivity index is 1.48. The molecule has 1 aromatic carbocycles. The third kappa shape index (κ3) is 6.18. The Kier molecular flexibility index (Phi) is 8.05. The van der Waals surface area contributed by atoms with Crippen LogP contribution in [0.5, 0.6) is 0 Å². The summed E-state index contributed by atoms with van der Waals surface area (Å²) >= 11 is 0. The van der Waals surface area contributed by atoms with Crippen molar-refractivity contribution in [3.05, 3.63) is 47.7 Å². The normalized spacial score (nSPS) is 18.3. The van der Waals surface area contributed by atoms with Gasteiger partial charge in [0.1, 0.15) is 0 Å². The first-order chi connectivity index (χ1) is 14.5. The SMILES string of the molecule is NC(=O)CN(CCc1ccccc1)C(=O)CCCC(=O)N1CCCC2CCCC=C21. The van der Waals surface area contributed by atoms with E-state index < -0.39 is 5.91 Å². The summed E-state index contributed by atoms with van der Waals surface area (Å²) in [7, 11) is 0. The van der Waals surface area contributed by atoms with Crippen LogP contribution in [0.4, 0.5) is 0 Å². The third-order valence-corrected chi connectivity index (χ3v) is 6.07. The molecule has 3 amide bonds. The number of nitrogens with zero attached hydrogens (tertiary/aromatic N) is 2. The molecule has 2 N–H and O–H groups in total. The molecule has 1 atom stereocenters. The molecule has 1 saturated heterocycles. The first-order valence-corrected chi connectivity index (χ1v) is 11.1. The maximum atomic E-state index is 12.8. The summed E-state index contributed by atoms with van der Waals surface area (Å²) < 4.78 is 0. The number of fused-ring (bicyclic) bond motifs is 1. The molecule has 1 aliphatic heterocycles. The van der Waals surface area contributed by atoms with Crippen LogP contribution in [0.25, 0.3) is 0 Å². The zero-order valence-electron chi connectivity index (χ0n) is 17.7. The van der Waals surface area contributed by atoms with E-state index in [1.807, 2.05) is 35.2 Å². The standard InChI is InChI=1S/C24H33N3O3/c25-22(28)18-26(17-15-19-8-2-1-3-9-19)23(29)13-6-14-24(30)27-16-7-11-20-10-4-5-12-21(20)27/h1-3,8-9,12,20H,4-7,10-11,13-18H2,(H2,25,28). The first-order valence-electron chi connectivity index (χ1n) is 11.1. The van der Waals surface area contributed by atoms with Gasteiger partial charge in [-0.25, -0.2) is 0 Å². The van der Waals surface area contributed by atoms with E-state index in [1.54, 1.807) is 0 Å². The van der Waals surface area contributed by atoms with Crippen LogP contribution >= 0.6 is 0 Å². The number of carbonyl (C=O) groups is 3. The lowest BCUT2D eigenvalue weighted by Crippen LogP contribution is -2.40. The second kappa shape index (κ2) is 11.0. The summed E-state index contributed by atoms with van der Waals surface area (Å²) in [5.74, 6) is 0.00975. The van der Waals surface area contributed by atoms with Crippen molar-refractivity contribution in [3.8, 4) is 0 Å².